The number of rotatable bonds is 6. The Labute approximate surface area is 238 Å². The quantitative estimate of drug-likeness (QED) is 0.376. The zero-order valence-electron chi connectivity index (χ0n) is 23.9. The second-order valence-electron chi connectivity index (χ2n) is 9.28. The van der Waals surface area contributed by atoms with Gasteiger partial charge in [0.1, 0.15) is 10.6 Å². The molecular weight excluding hydrogens is 621 g/mol. The Morgan fingerprint density at radius 1 is 1.14 bits per heavy atom. The summed E-state index contributed by atoms with van der Waals surface area (Å²) in [5, 5.41) is 9.49. The second kappa shape index (κ2) is 10.2. The third kappa shape index (κ3) is 5.26. The zero-order valence-corrected chi connectivity index (χ0v) is 22.6. The van der Waals surface area contributed by atoms with E-state index in [0.29, 0.717) is 11.8 Å². The number of alkyl halides is 6. The lowest BCUT2D eigenvalue weighted by atomic mass is 9.74. The Bertz CT molecular complexity index is 1920. The van der Waals surface area contributed by atoms with E-state index in [0.717, 1.165) is 18.2 Å². The van der Waals surface area contributed by atoms with Gasteiger partial charge in [0.2, 0.25) is 5.88 Å². The highest BCUT2D eigenvalue weighted by Gasteiger charge is 2.58. The number of sulfonamides is 1. The van der Waals surface area contributed by atoms with E-state index in [-0.39, 0.29) is 10.0 Å². The van der Waals surface area contributed by atoms with E-state index < -0.39 is 108 Å². The zero-order chi connectivity index (χ0) is 34.0. The van der Waals surface area contributed by atoms with Crippen molar-refractivity contribution in [3.8, 4) is 11.9 Å². The topological polar surface area (TPSA) is 131 Å². The van der Waals surface area contributed by atoms with Crippen LogP contribution in [0.15, 0.2) is 46.3 Å². The number of nitriles is 1. The maximum atomic E-state index is 14.4. The number of aromatic nitrogens is 2. The molecule has 1 N–H and O–H groups in total. The monoisotopic (exact) mass is 643 g/mol. The summed E-state index contributed by atoms with van der Waals surface area (Å²) in [6.45, 7) is 1.61. The van der Waals surface area contributed by atoms with Crippen LogP contribution >= 0.6 is 0 Å². The van der Waals surface area contributed by atoms with E-state index in [1.165, 1.54) is 12.1 Å². The summed E-state index contributed by atoms with van der Waals surface area (Å²) in [7, 11) is -13.6. The van der Waals surface area contributed by atoms with Crippen LogP contribution in [0.5, 0.6) is 5.88 Å². The van der Waals surface area contributed by atoms with E-state index >= 15 is 0 Å². The highest BCUT2D eigenvalue weighted by molar-refractivity contribution is 7.93. The van der Waals surface area contributed by atoms with Crippen LogP contribution in [0, 0.1) is 29.5 Å². The fourth-order valence-electron chi connectivity index (χ4n) is 4.39. The highest BCUT2D eigenvalue weighted by Crippen LogP contribution is 2.49. The molecule has 1 aliphatic rings. The van der Waals surface area contributed by atoms with Crippen LogP contribution in [0.25, 0.3) is 0 Å². The summed E-state index contributed by atoms with van der Waals surface area (Å²) >= 11 is 0. The lowest BCUT2D eigenvalue weighted by Crippen LogP contribution is -2.42. The SMILES string of the molecule is [2H]C([2H])([2H])Oc1nc(C(F)(F)F)c(F)cc1NS(=O)(=O)c1cn(S(=O)(=O)c2ccc(C)cc2)c2c1CC[C@@](C#N)(C(F)(F)F)C2. The van der Waals surface area contributed by atoms with Crippen LogP contribution in [0.1, 0.15) is 33.0 Å². The first kappa shape index (κ1) is 27.0. The number of benzene rings is 1. The van der Waals surface area contributed by atoms with E-state index in [4.69, 9.17) is 4.11 Å². The first-order valence-corrected chi connectivity index (χ1v) is 14.4. The number of hydrogen-bond donors (Lipinski definition) is 1. The Morgan fingerprint density at radius 2 is 1.79 bits per heavy atom. The van der Waals surface area contributed by atoms with Crippen molar-refractivity contribution in [2.24, 2.45) is 5.41 Å². The van der Waals surface area contributed by atoms with E-state index in [1.54, 1.807) is 11.6 Å². The first-order chi connectivity index (χ1) is 20.4. The smallest absolute Gasteiger partial charge is 0.436 e. The Morgan fingerprint density at radius 3 is 2.33 bits per heavy atom. The van der Waals surface area contributed by atoms with E-state index in [2.05, 4.69) is 9.72 Å². The summed E-state index contributed by atoms with van der Waals surface area (Å²) in [6, 6.07) is 5.99. The molecule has 1 aromatic carbocycles. The predicted octanol–water partition coefficient (Wildman–Crippen LogP) is 4.96. The van der Waals surface area contributed by atoms with Crippen LogP contribution in [-0.4, -0.2) is 39.0 Å². The lowest BCUT2D eigenvalue weighted by Gasteiger charge is -2.33. The van der Waals surface area contributed by atoms with Gasteiger partial charge in [-0.1, -0.05) is 17.7 Å². The molecule has 226 valence electrons. The number of aryl methyl sites for hydroxylation is 1. The van der Waals surface area contributed by atoms with Crippen molar-refractivity contribution >= 4 is 25.7 Å². The Hall–Kier alpha value is -3.85. The summed E-state index contributed by atoms with van der Waals surface area (Å²) in [5.74, 6) is -3.68. The molecule has 2 heterocycles. The number of nitrogens with zero attached hydrogens (tertiary/aromatic N) is 3. The molecule has 4 rings (SSSR count). The molecule has 1 aliphatic carbocycles. The van der Waals surface area contributed by atoms with Crippen LogP contribution in [0.3, 0.4) is 0 Å². The maximum Gasteiger partial charge on any atom is 0.436 e. The number of hydrogen-bond acceptors (Lipinski definition) is 7. The second-order valence-corrected chi connectivity index (χ2v) is 12.7. The minimum Gasteiger partial charge on any atom is -0.479 e. The minimum atomic E-state index is -5.47. The van der Waals surface area contributed by atoms with Crippen LogP contribution in [0.2, 0.25) is 0 Å². The third-order valence-electron chi connectivity index (χ3n) is 6.59. The summed E-state index contributed by atoms with van der Waals surface area (Å²) < 4.78 is 178. The number of nitrogens with one attached hydrogen (secondary N) is 1. The average Bonchev–Trinajstić information content (AvgIpc) is 3.28. The molecule has 0 saturated heterocycles. The maximum absolute atomic E-state index is 14.4. The molecule has 2 aromatic heterocycles. The van der Waals surface area contributed by atoms with Crippen molar-refractivity contribution in [2.45, 2.75) is 48.3 Å². The van der Waals surface area contributed by atoms with Gasteiger partial charge in [-0.05, 0) is 37.5 Å². The van der Waals surface area contributed by atoms with E-state index in [1.807, 2.05) is 0 Å². The molecule has 42 heavy (non-hydrogen) atoms. The molecule has 18 heteroatoms. The van der Waals surface area contributed by atoms with Crippen molar-refractivity contribution in [3.05, 3.63) is 64.9 Å². The van der Waals surface area contributed by atoms with Crippen molar-refractivity contribution < 1.29 is 56.4 Å². The Balaban J connectivity index is 1.94. The van der Waals surface area contributed by atoms with Crippen molar-refractivity contribution in [1.82, 2.24) is 8.96 Å². The van der Waals surface area contributed by atoms with Gasteiger partial charge in [0.05, 0.1) is 22.1 Å². The van der Waals surface area contributed by atoms with Gasteiger partial charge >= 0.3 is 12.4 Å². The molecule has 0 aliphatic heterocycles. The summed E-state index contributed by atoms with van der Waals surface area (Å²) in [6.07, 6.45) is -13.3. The van der Waals surface area contributed by atoms with E-state index in [9.17, 15) is 52.8 Å². The molecule has 3 aromatic rings. The van der Waals surface area contributed by atoms with Crippen molar-refractivity contribution in [3.63, 3.8) is 0 Å². The van der Waals surface area contributed by atoms with Gasteiger partial charge in [0.15, 0.2) is 16.9 Å². The van der Waals surface area contributed by atoms with Crippen LogP contribution in [-0.2, 0) is 39.1 Å². The largest absolute Gasteiger partial charge is 0.479 e. The first-order valence-electron chi connectivity index (χ1n) is 12.9. The lowest BCUT2D eigenvalue weighted by molar-refractivity contribution is -0.206. The predicted molar refractivity (Wildman–Crippen MR) is 131 cm³/mol. The van der Waals surface area contributed by atoms with Crippen molar-refractivity contribution in [1.29, 1.82) is 5.26 Å². The standard InChI is InChI=1S/C24H19F7N4O5S2/c1-13-3-5-14(6-4-13)42(38,39)35-11-19(15-7-8-22(12-32,10-18(15)35)24(29,30)31)41(36,37)34-17-9-16(25)20(23(26,27)28)33-21(17)40-2/h3-6,9,11,34H,7-8,10H2,1-2H3/t22-/m1/s1/i2D3. The summed E-state index contributed by atoms with van der Waals surface area (Å²) in [5.41, 5.74) is -7.24. The molecule has 0 unspecified atom stereocenters. The average molecular weight is 644 g/mol. The summed E-state index contributed by atoms with van der Waals surface area (Å²) in [4.78, 5) is 1.31. The molecule has 0 bridgehead atoms. The molecule has 0 saturated carbocycles. The minimum absolute atomic E-state index is 0.0781. The normalized spacial score (nSPS) is 19.2. The third-order valence-corrected chi connectivity index (χ3v) is 9.72. The van der Waals surface area contributed by atoms with Crippen LogP contribution < -0.4 is 9.46 Å². The van der Waals surface area contributed by atoms with Gasteiger partial charge in [0.25, 0.3) is 20.0 Å². The molecule has 0 spiro atoms. The number of pyridine rings is 1. The van der Waals surface area contributed by atoms with Gasteiger partial charge < -0.3 is 4.74 Å². The molecule has 9 nitrogen and oxygen atoms in total. The van der Waals surface area contributed by atoms with Crippen LogP contribution in [0.4, 0.5) is 36.4 Å². The fraction of sp³-hybridized carbons (Fsp3) is 0.333. The number of halogens is 7. The van der Waals surface area contributed by atoms with Gasteiger partial charge in [-0.2, -0.15) is 31.6 Å². The number of fused-ring (bicyclic) bond motifs is 1. The van der Waals surface area contributed by atoms with Gasteiger partial charge in [-0.25, -0.2) is 30.2 Å². The highest BCUT2D eigenvalue weighted by atomic mass is 32.2. The number of methoxy groups -OCH3 is 1. The molecule has 0 amide bonds. The molecule has 1 atom stereocenters. The van der Waals surface area contributed by atoms with Gasteiger partial charge in [0, 0.05) is 24.4 Å². The number of anilines is 1. The molecule has 0 radical (unpaired) electrons. The Kier molecular flexibility index (Phi) is 6.53. The molecular formula is C24H19F7N4O5S2. The fourth-order valence-corrected chi connectivity index (χ4v) is 7.21. The van der Waals surface area contributed by atoms with Gasteiger partial charge in [-0.3, -0.25) is 4.72 Å². The molecule has 0 fully saturated rings. The van der Waals surface area contributed by atoms with Crippen molar-refractivity contribution in [2.75, 3.05) is 11.8 Å². The number of ether oxygens (including phenoxy) is 1. The van der Waals surface area contributed by atoms with Gasteiger partial charge in [-0.15, -0.1) is 0 Å².